The predicted octanol–water partition coefficient (Wildman–Crippen LogP) is 2.22. The number of nitrogens with two attached hydrogens (primary N) is 1. The van der Waals surface area contributed by atoms with Gasteiger partial charge < -0.3 is 16.4 Å². The van der Waals surface area contributed by atoms with Crippen molar-refractivity contribution in [1.82, 2.24) is 10.6 Å². The van der Waals surface area contributed by atoms with Gasteiger partial charge in [0, 0.05) is 24.5 Å². The van der Waals surface area contributed by atoms with Crippen LogP contribution in [0.2, 0.25) is 0 Å². The highest BCUT2D eigenvalue weighted by molar-refractivity contribution is 5.72. The Labute approximate surface area is 130 Å². The first-order valence-corrected chi connectivity index (χ1v) is 7.63. The van der Waals surface area contributed by atoms with Gasteiger partial charge in [0.15, 0.2) is 0 Å². The number of benzene rings is 2. The lowest BCUT2D eigenvalue weighted by Crippen LogP contribution is -2.39. The largest absolute Gasteiger partial charge is 0.352 e. The van der Waals surface area contributed by atoms with Gasteiger partial charge in [0.1, 0.15) is 0 Å². The van der Waals surface area contributed by atoms with Crippen LogP contribution in [-0.2, 0) is 0 Å². The summed E-state index contributed by atoms with van der Waals surface area (Å²) in [4.78, 5) is 11.1. The van der Waals surface area contributed by atoms with Gasteiger partial charge in [-0.2, -0.15) is 0 Å². The van der Waals surface area contributed by atoms with Gasteiger partial charge in [-0.3, -0.25) is 0 Å². The van der Waals surface area contributed by atoms with Crippen LogP contribution >= 0.6 is 0 Å². The fraction of sp³-hybridized carbons (Fsp3) is 0.278. The minimum Gasteiger partial charge on any atom is -0.352 e. The second-order valence-electron chi connectivity index (χ2n) is 5.75. The Bertz CT molecular complexity index is 575. The van der Waals surface area contributed by atoms with Crippen LogP contribution in [0.25, 0.3) is 0 Å². The lowest BCUT2D eigenvalue weighted by molar-refractivity contribution is 0.246. The summed E-state index contributed by atoms with van der Waals surface area (Å²) in [5.74, 6) is 0.266. The third-order valence-electron chi connectivity index (χ3n) is 4.23. The summed E-state index contributed by atoms with van der Waals surface area (Å²) in [6.45, 7) is 0.754. The molecule has 1 saturated heterocycles. The standard InChI is InChI=1S/C18H21N3O/c19-18(22)21-15-11-16(20-12-15)17(13-7-3-1-4-8-13)14-9-5-2-6-10-14/h1-10,15-17,20H,11-12H2,(H3,19,21,22). The first-order valence-electron chi connectivity index (χ1n) is 7.63. The Morgan fingerprint density at radius 2 is 1.59 bits per heavy atom. The number of primary amides is 1. The second-order valence-corrected chi connectivity index (χ2v) is 5.75. The summed E-state index contributed by atoms with van der Waals surface area (Å²) < 4.78 is 0. The first-order chi connectivity index (χ1) is 10.7. The molecule has 2 aromatic rings. The molecule has 4 heteroatoms. The summed E-state index contributed by atoms with van der Waals surface area (Å²) in [5, 5.41) is 6.34. The van der Waals surface area contributed by atoms with E-state index < -0.39 is 6.03 Å². The molecule has 1 heterocycles. The first kappa shape index (κ1) is 14.6. The van der Waals surface area contributed by atoms with Crippen LogP contribution in [0.15, 0.2) is 60.7 Å². The molecular weight excluding hydrogens is 274 g/mol. The van der Waals surface area contributed by atoms with Gasteiger partial charge >= 0.3 is 6.03 Å². The van der Waals surface area contributed by atoms with E-state index in [1.54, 1.807) is 0 Å². The highest BCUT2D eigenvalue weighted by Crippen LogP contribution is 2.31. The van der Waals surface area contributed by atoms with E-state index in [-0.39, 0.29) is 18.0 Å². The topological polar surface area (TPSA) is 67.2 Å². The van der Waals surface area contributed by atoms with Crippen molar-refractivity contribution in [3.63, 3.8) is 0 Å². The molecule has 114 valence electrons. The van der Waals surface area contributed by atoms with Crippen molar-refractivity contribution >= 4 is 6.03 Å². The number of nitrogens with one attached hydrogen (secondary N) is 2. The van der Waals surface area contributed by atoms with Gasteiger partial charge in [-0.05, 0) is 17.5 Å². The molecule has 3 rings (SSSR count). The number of amides is 2. The van der Waals surface area contributed by atoms with Gasteiger partial charge in [-0.15, -0.1) is 0 Å². The molecular formula is C18H21N3O. The van der Waals surface area contributed by atoms with Crippen LogP contribution < -0.4 is 16.4 Å². The molecule has 1 aliphatic heterocycles. The van der Waals surface area contributed by atoms with Gasteiger partial charge in [-0.1, -0.05) is 60.7 Å². The molecule has 0 aliphatic carbocycles. The predicted molar refractivity (Wildman–Crippen MR) is 87.6 cm³/mol. The molecule has 22 heavy (non-hydrogen) atoms. The third-order valence-corrected chi connectivity index (χ3v) is 4.23. The molecule has 0 spiro atoms. The van der Waals surface area contributed by atoms with Crippen LogP contribution in [0.3, 0.4) is 0 Å². The van der Waals surface area contributed by atoms with Crippen molar-refractivity contribution in [3.8, 4) is 0 Å². The zero-order valence-electron chi connectivity index (χ0n) is 12.4. The SMILES string of the molecule is NC(=O)NC1CNC(C(c2ccccc2)c2ccccc2)C1. The quantitative estimate of drug-likeness (QED) is 0.809. The van der Waals surface area contributed by atoms with Gasteiger partial charge in [0.2, 0.25) is 0 Å². The van der Waals surface area contributed by atoms with Crippen molar-refractivity contribution in [2.75, 3.05) is 6.54 Å². The van der Waals surface area contributed by atoms with Gasteiger partial charge in [0.25, 0.3) is 0 Å². The molecule has 0 bridgehead atoms. The van der Waals surface area contributed by atoms with E-state index in [4.69, 9.17) is 5.73 Å². The van der Waals surface area contributed by atoms with Crippen molar-refractivity contribution in [3.05, 3.63) is 71.8 Å². The number of carbonyl (C=O) groups is 1. The van der Waals surface area contributed by atoms with Crippen LogP contribution in [-0.4, -0.2) is 24.7 Å². The van der Waals surface area contributed by atoms with E-state index in [9.17, 15) is 4.79 Å². The van der Waals surface area contributed by atoms with Crippen molar-refractivity contribution in [2.45, 2.75) is 24.4 Å². The average molecular weight is 295 g/mol. The Morgan fingerprint density at radius 3 is 2.09 bits per heavy atom. The van der Waals surface area contributed by atoms with Crippen LogP contribution in [0.5, 0.6) is 0 Å². The van der Waals surface area contributed by atoms with Crippen molar-refractivity contribution in [2.24, 2.45) is 5.73 Å². The van der Waals surface area contributed by atoms with E-state index in [2.05, 4.69) is 59.2 Å². The average Bonchev–Trinajstić information content (AvgIpc) is 2.97. The number of urea groups is 1. The van der Waals surface area contributed by atoms with E-state index in [1.807, 2.05) is 12.1 Å². The summed E-state index contributed by atoms with van der Waals surface area (Å²) in [7, 11) is 0. The minimum atomic E-state index is -0.455. The Balaban J connectivity index is 1.86. The molecule has 4 N–H and O–H groups in total. The van der Waals surface area contributed by atoms with E-state index in [1.165, 1.54) is 11.1 Å². The summed E-state index contributed by atoms with van der Waals surface area (Å²) >= 11 is 0. The number of carbonyl (C=O) groups excluding carboxylic acids is 1. The molecule has 2 amide bonds. The van der Waals surface area contributed by atoms with Crippen molar-refractivity contribution in [1.29, 1.82) is 0 Å². The summed E-state index contributed by atoms with van der Waals surface area (Å²) in [6, 6.07) is 20.9. The Morgan fingerprint density at radius 1 is 1.05 bits per heavy atom. The molecule has 0 saturated carbocycles. The molecule has 2 aromatic carbocycles. The number of hydrogen-bond donors (Lipinski definition) is 3. The molecule has 4 nitrogen and oxygen atoms in total. The normalized spacial score (nSPS) is 21.0. The Kier molecular flexibility index (Phi) is 4.39. The smallest absolute Gasteiger partial charge is 0.312 e. The number of rotatable bonds is 4. The highest BCUT2D eigenvalue weighted by Gasteiger charge is 2.32. The monoisotopic (exact) mass is 295 g/mol. The van der Waals surface area contributed by atoms with E-state index in [0.29, 0.717) is 0 Å². The zero-order chi connectivity index (χ0) is 15.4. The van der Waals surface area contributed by atoms with E-state index in [0.717, 1.165) is 13.0 Å². The van der Waals surface area contributed by atoms with Gasteiger partial charge in [-0.25, -0.2) is 4.79 Å². The highest BCUT2D eigenvalue weighted by atomic mass is 16.2. The van der Waals surface area contributed by atoms with E-state index >= 15 is 0 Å². The lowest BCUT2D eigenvalue weighted by Gasteiger charge is -2.25. The lowest BCUT2D eigenvalue weighted by atomic mass is 9.84. The fourth-order valence-corrected chi connectivity index (χ4v) is 3.31. The zero-order valence-corrected chi connectivity index (χ0v) is 12.4. The number of hydrogen-bond acceptors (Lipinski definition) is 2. The maximum Gasteiger partial charge on any atom is 0.312 e. The maximum absolute atomic E-state index is 11.1. The minimum absolute atomic E-state index is 0.0948. The molecule has 2 atom stereocenters. The molecule has 2 unspecified atom stereocenters. The maximum atomic E-state index is 11.1. The molecule has 1 fully saturated rings. The fourth-order valence-electron chi connectivity index (χ4n) is 3.31. The van der Waals surface area contributed by atoms with Crippen LogP contribution in [0, 0.1) is 0 Å². The summed E-state index contributed by atoms with van der Waals surface area (Å²) in [5.41, 5.74) is 7.80. The van der Waals surface area contributed by atoms with Crippen LogP contribution in [0.1, 0.15) is 23.5 Å². The third kappa shape index (κ3) is 3.28. The van der Waals surface area contributed by atoms with Gasteiger partial charge in [0.05, 0.1) is 0 Å². The molecule has 0 aromatic heterocycles. The summed E-state index contributed by atoms with van der Waals surface area (Å²) in [6.07, 6.45) is 0.872. The van der Waals surface area contributed by atoms with Crippen LogP contribution in [0.4, 0.5) is 4.79 Å². The molecule has 0 radical (unpaired) electrons. The van der Waals surface area contributed by atoms with Crippen molar-refractivity contribution < 1.29 is 4.79 Å². The Hall–Kier alpha value is -2.33. The second kappa shape index (κ2) is 6.62. The molecule has 1 aliphatic rings.